The van der Waals surface area contributed by atoms with Gasteiger partial charge in [0.05, 0.1) is 51.4 Å². The van der Waals surface area contributed by atoms with Crippen molar-refractivity contribution in [1.29, 1.82) is 0 Å². The van der Waals surface area contributed by atoms with Crippen LogP contribution in [0.5, 0.6) is 5.75 Å². The Morgan fingerprint density at radius 1 is 0.904 bits per heavy atom. The minimum atomic E-state index is -0.772. The van der Waals surface area contributed by atoms with Crippen LogP contribution in [0.3, 0.4) is 0 Å². The Balaban J connectivity index is 1.48. The van der Waals surface area contributed by atoms with E-state index in [0.717, 1.165) is 33.8 Å². The molecule has 3 heterocycles. The molecule has 260 valence electrons. The number of nitro groups is 1. The molecule has 10 nitrogen and oxygen atoms in total. The normalized spacial score (nSPS) is 14.1. The SMILES string of the molecule is CCOC(=O)C1=C(C)N=c2s/c(=C\c3cc(-c4ccccc4)n(-c4ccc([N+](=O)[O-])cc4)c3-c3ccccc3)c(=O)n2[C@@H]1c1ccc(OCC)cc1. The fraction of sp³-hybridized carbons (Fsp3) is 0.146. The summed E-state index contributed by atoms with van der Waals surface area (Å²) in [5.74, 6) is 0.146. The molecule has 11 heteroatoms. The van der Waals surface area contributed by atoms with Gasteiger partial charge in [-0.15, -0.1) is 0 Å². The van der Waals surface area contributed by atoms with Gasteiger partial charge in [-0.1, -0.05) is 84.1 Å². The first-order valence-electron chi connectivity index (χ1n) is 16.8. The summed E-state index contributed by atoms with van der Waals surface area (Å²) in [6.07, 6.45) is 1.86. The lowest BCUT2D eigenvalue weighted by Gasteiger charge is -2.24. The molecule has 1 atom stereocenters. The van der Waals surface area contributed by atoms with Crippen molar-refractivity contribution in [2.24, 2.45) is 4.99 Å². The number of benzene rings is 4. The van der Waals surface area contributed by atoms with E-state index in [9.17, 15) is 19.7 Å². The lowest BCUT2D eigenvalue weighted by atomic mass is 9.96. The maximum atomic E-state index is 14.6. The molecule has 7 rings (SSSR count). The van der Waals surface area contributed by atoms with Crippen LogP contribution in [0.15, 0.2) is 136 Å². The third-order valence-corrected chi connectivity index (χ3v) is 9.76. The molecule has 0 aliphatic carbocycles. The van der Waals surface area contributed by atoms with Crippen LogP contribution in [0.2, 0.25) is 0 Å². The second kappa shape index (κ2) is 14.5. The maximum Gasteiger partial charge on any atom is 0.338 e. The number of nitro benzene ring substituents is 1. The molecule has 52 heavy (non-hydrogen) atoms. The summed E-state index contributed by atoms with van der Waals surface area (Å²) in [5.41, 5.74) is 6.08. The predicted octanol–water partition coefficient (Wildman–Crippen LogP) is 7.23. The Hall–Kier alpha value is -6.33. The summed E-state index contributed by atoms with van der Waals surface area (Å²) in [4.78, 5) is 44.3. The van der Waals surface area contributed by atoms with Crippen LogP contribution in [-0.4, -0.2) is 33.2 Å². The molecular formula is C41H34N4O6S. The number of hydrogen-bond acceptors (Lipinski definition) is 8. The number of carbonyl (C=O) groups excluding carboxylic acids is 1. The third-order valence-electron chi connectivity index (χ3n) is 8.78. The number of allylic oxidation sites excluding steroid dienone is 1. The van der Waals surface area contributed by atoms with Crippen molar-refractivity contribution in [3.8, 4) is 34.0 Å². The molecule has 6 aromatic rings. The Bertz CT molecular complexity index is 2500. The fourth-order valence-electron chi connectivity index (χ4n) is 6.51. The van der Waals surface area contributed by atoms with Crippen LogP contribution < -0.4 is 19.6 Å². The van der Waals surface area contributed by atoms with Crippen molar-refractivity contribution in [2.75, 3.05) is 13.2 Å². The first kappa shape index (κ1) is 34.1. The number of aromatic nitrogens is 2. The second-order valence-corrected chi connectivity index (χ2v) is 13.0. The number of fused-ring (bicyclic) bond motifs is 1. The number of nitrogens with zero attached hydrogens (tertiary/aromatic N) is 4. The van der Waals surface area contributed by atoms with Crippen molar-refractivity contribution >= 4 is 29.1 Å². The Labute approximate surface area is 303 Å². The highest BCUT2D eigenvalue weighted by Gasteiger charge is 2.33. The summed E-state index contributed by atoms with van der Waals surface area (Å²) in [7, 11) is 0. The molecular weight excluding hydrogens is 677 g/mol. The molecule has 0 fully saturated rings. The van der Waals surface area contributed by atoms with Crippen LogP contribution in [-0.2, 0) is 9.53 Å². The van der Waals surface area contributed by atoms with E-state index in [1.165, 1.54) is 23.5 Å². The van der Waals surface area contributed by atoms with Crippen molar-refractivity contribution in [2.45, 2.75) is 26.8 Å². The molecule has 0 saturated carbocycles. The van der Waals surface area contributed by atoms with E-state index >= 15 is 0 Å². The number of esters is 1. The van der Waals surface area contributed by atoms with Crippen LogP contribution in [0, 0.1) is 10.1 Å². The lowest BCUT2D eigenvalue weighted by Crippen LogP contribution is -2.39. The zero-order valence-electron chi connectivity index (χ0n) is 28.7. The molecule has 2 aromatic heterocycles. The number of hydrogen-bond donors (Lipinski definition) is 0. The van der Waals surface area contributed by atoms with Crippen LogP contribution in [0.1, 0.15) is 37.9 Å². The summed E-state index contributed by atoms with van der Waals surface area (Å²) >= 11 is 1.25. The van der Waals surface area contributed by atoms with Gasteiger partial charge in [0, 0.05) is 23.4 Å². The first-order valence-corrected chi connectivity index (χ1v) is 17.6. The van der Waals surface area contributed by atoms with Crippen molar-refractivity contribution in [1.82, 2.24) is 9.13 Å². The Morgan fingerprint density at radius 2 is 1.56 bits per heavy atom. The Morgan fingerprint density at radius 3 is 2.17 bits per heavy atom. The van der Waals surface area contributed by atoms with Gasteiger partial charge in [0.2, 0.25) is 0 Å². The maximum absolute atomic E-state index is 14.6. The minimum absolute atomic E-state index is 0.0145. The van der Waals surface area contributed by atoms with Gasteiger partial charge in [-0.2, -0.15) is 0 Å². The zero-order chi connectivity index (χ0) is 36.4. The number of thiazole rings is 1. The minimum Gasteiger partial charge on any atom is -0.494 e. The number of ether oxygens (including phenoxy) is 2. The monoisotopic (exact) mass is 710 g/mol. The molecule has 0 saturated heterocycles. The highest BCUT2D eigenvalue weighted by atomic mass is 32.1. The summed E-state index contributed by atoms with van der Waals surface area (Å²) < 4.78 is 15.2. The van der Waals surface area contributed by atoms with Gasteiger partial charge in [-0.3, -0.25) is 19.5 Å². The van der Waals surface area contributed by atoms with Gasteiger partial charge in [-0.25, -0.2) is 9.79 Å². The first-order chi connectivity index (χ1) is 25.3. The van der Waals surface area contributed by atoms with E-state index in [1.54, 1.807) is 30.5 Å². The molecule has 0 radical (unpaired) electrons. The quantitative estimate of drug-likeness (QED) is 0.0841. The van der Waals surface area contributed by atoms with Crippen LogP contribution in [0.4, 0.5) is 5.69 Å². The fourth-order valence-corrected chi connectivity index (χ4v) is 7.54. The molecule has 1 aliphatic heterocycles. The molecule has 0 N–H and O–H groups in total. The molecule has 0 unspecified atom stereocenters. The highest BCUT2D eigenvalue weighted by Crippen LogP contribution is 2.37. The van der Waals surface area contributed by atoms with E-state index in [4.69, 9.17) is 14.5 Å². The number of non-ortho nitro benzene ring substituents is 1. The summed E-state index contributed by atoms with van der Waals surface area (Å²) in [5, 5.41) is 11.5. The second-order valence-electron chi connectivity index (χ2n) is 12.0. The average molecular weight is 711 g/mol. The lowest BCUT2D eigenvalue weighted by molar-refractivity contribution is -0.384. The zero-order valence-corrected chi connectivity index (χ0v) is 29.5. The molecule has 4 aromatic carbocycles. The van der Waals surface area contributed by atoms with E-state index < -0.39 is 16.9 Å². The Kier molecular flexibility index (Phi) is 9.51. The third kappa shape index (κ3) is 6.38. The van der Waals surface area contributed by atoms with Gasteiger partial charge < -0.3 is 14.0 Å². The molecule has 0 bridgehead atoms. The molecule has 0 spiro atoms. The number of carbonyl (C=O) groups is 1. The van der Waals surface area contributed by atoms with Crippen LogP contribution >= 0.6 is 11.3 Å². The van der Waals surface area contributed by atoms with Gasteiger partial charge in [0.15, 0.2) is 4.80 Å². The van der Waals surface area contributed by atoms with Gasteiger partial charge >= 0.3 is 5.97 Å². The topological polar surface area (TPSA) is 118 Å². The van der Waals surface area contributed by atoms with E-state index in [1.807, 2.05) is 104 Å². The predicted molar refractivity (Wildman–Crippen MR) is 201 cm³/mol. The van der Waals surface area contributed by atoms with E-state index in [2.05, 4.69) is 4.57 Å². The summed E-state index contributed by atoms with van der Waals surface area (Å²) in [6.45, 7) is 6.09. The van der Waals surface area contributed by atoms with E-state index in [-0.39, 0.29) is 17.9 Å². The smallest absolute Gasteiger partial charge is 0.338 e. The summed E-state index contributed by atoms with van der Waals surface area (Å²) in [6, 6.07) is 34.7. The molecule has 1 aliphatic rings. The van der Waals surface area contributed by atoms with E-state index in [0.29, 0.717) is 38.5 Å². The number of rotatable bonds is 10. The van der Waals surface area contributed by atoms with Crippen LogP contribution in [0.25, 0.3) is 34.3 Å². The average Bonchev–Trinajstić information content (AvgIpc) is 3.69. The molecule has 0 amide bonds. The van der Waals surface area contributed by atoms with Crippen molar-refractivity contribution < 1.29 is 19.2 Å². The van der Waals surface area contributed by atoms with Gasteiger partial charge in [-0.05, 0) is 73.9 Å². The van der Waals surface area contributed by atoms with Crippen molar-refractivity contribution in [3.05, 3.63) is 167 Å². The van der Waals surface area contributed by atoms with Crippen molar-refractivity contribution in [3.63, 3.8) is 0 Å². The standard InChI is InChI=1S/C41H34N4O6S/c1-4-50-33-22-16-29(17-23-33)38-36(40(47)51-5-2)26(3)42-41-44(38)39(46)35(52-41)25-30-24-34(27-12-8-6-9-13-27)43(37(30)28-14-10-7-11-15-28)31-18-20-32(21-19-31)45(48)49/h6-25,38H,4-5H2,1-3H3/b35-25-/t38-/m1/s1. The van der Waals surface area contributed by atoms with Gasteiger partial charge in [0.25, 0.3) is 11.2 Å². The highest BCUT2D eigenvalue weighted by molar-refractivity contribution is 7.07. The largest absolute Gasteiger partial charge is 0.494 e. The van der Waals surface area contributed by atoms with Gasteiger partial charge in [0.1, 0.15) is 5.75 Å².